The number of fused-ring (bicyclic) bond motifs is 1. The van der Waals surface area contributed by atoms with Gasteiger partial charge in [-0.05, 0) is 23.6 Å². The van der Waals surface area contributed by atoms with Crippen LogP contribution in [-0.4, -0.2) is 6.61 Å². The fourth-order valence-electron chi connectivity index (χ4n) is 1.78. The lowest BCUT2D eigenvalue weighted by Crippen LogP contribution is -2.25. The van der Waals surface area contributed by atoms with Gasteiger partial charge in [0, 0.05) is 0 Å². The van der Waals surface area contributed by atoms with Crippen LogP contribution in [0, 0.1) is 5.82 Å². The van der Waals surface area contributed by atoms with Crippen LogP contribution in [0.2, 0.25) is 0 Å². The van der Waals surface area contributed by atoms with E-state index >= 15 is 0 Å². The van der Waals surface area contributed by atoms with Gasteiger partial charge in [0.05, 0.1) is 18.6 Å². The second-order valence-electron chi connectivity index (χ2n) is 4.34. The Morgan fingerprint density at radius 3 is 2.62 bits per heavy atom. The van der Waals surface area contributed by atoms with E-state index in [1.807, 2.05) is 13.8 Å². The first-order valence-corrected chi connectivity index (χ1v) is 5.26. The second-order valence-corrected chi connectivity index (χ2v) is 4.34. The van der Waals surface area contributed by atoms with E-state index in [0.29, 0.717) is 5.56 Å². The molecule has 4 heteroatoms. The van der Waals surface area contributed by atoms with Crippen LogP contribution in [0.15, 0.2) is 12.1 Å². The van der Waals surface area contributed by atoms with E-state index in [2.05, 4.69) is 0 Å². The van der Waals surface area contributed by atoms with E-state index in [4.69, 9.17) is 4.74 Å². The fraction of sp³-hybridized carbons (Fsp3) is 0.500. The molecule has 0 saturated heterocycles. The van der Waals surface area contributed by atoms with E-state index in [0.717, 1.165) is 0 Å². The van der Waals surface area contributed by atoms with Crippen molar-refractivity contribution in [2.45, 2.75) is 32.1 Å². The maximum atomic E-state index is 13.6. The molecule has 0 spiro atoms. The van der Waals surface area contributed by atoms with Crippen molar-refractivity contribution in [3.8, 4) is 5.75 Å². The molecule has 0 unspecified atom stereocenters. The highest BCUT2D eigenvalue weighted by Gasteiger charge is 2.39. The molecule has 0 aromatic heterocycles. The Labute approximate surface area is 92.2 Å². The van der Waals surface area contributed by atoms with Gasteiger partial charge in [0.25, 0.3) is 5.92 Å². The van der Waals surface area contributed by atoms with Crippen LogP contribution in [0.1, 0.15) is 37.3 Å². The molecule has 0 aliphatic carbocycles. The normalized spacial score (nSPS) is 18.1. The summed E-state index contributed by atoms with van der Waals surface area (Å²) in [6.45, 7) is 3.53. The van der Waals surface area contributed by atoms with Gasteiger partial charge in [-0.2, -0.15) is 0 Å². The third-order valence-electron chi connectivity index (χ3n) is 2.79. The Morgan fingerprint density at radius 2 is 2.00 bits per heavy atom. The summed E-state index contributed by atoms with van der Waals surface area (Å²) in [5, 5.41) is 0. The Hall–Kier alpha value is -1.19. The highest BCUT2D eigenvalue weighted by molar-refractivity contribution is 5.43. The summed E-state index contributed by atoms with van der Waals surface area (Å²) in [6, 6.07) is 2.62. The van der Waals surface area contributed by atoms with Crippen molar-refractivity contribution in [1.82, 2.24) is 0 Å². The van der Waals surface area contributed by atoms with Crippen LogP contribution >= 0.6 is 0 Å². The molecule has 0 radical (unpaired) electrons. The zero-order valence-corrected chi connectivity index (χ0v) is 9.19. The molecule has 0 fully saturated rings. The number of hydrogen-bond acceptors (Lipinski definition) is 1. The molecule has 0 amide bonds. The molecule has 1 aromatic rings. The Balaban J connectivity index is 2.59. The van der Waals surface area contributed by atoms with E-state index in [1.54, 1.807) is 0 Å². The molecular formula is C12H13F3O. The van der Waals surface area contributed by atoms with Crippen LogP contribution in [0.5, 0.6) is 5.75 Å². The van der Waals surface area contributed by atoms with Gasteiger partial charge >= 0.3 is 0 Å². The topological polar surface area (TPSA) is 9.23 Å². The van der Waals surface area contributed by atoms with Gasteiger partial charge in [0.2, 0.25) is 0 Å². The molecule has 1 aliphatic heterocycles. The summed E-state index contributed by atoms with van der Waals surface area (Å²) >= 11 is 0. The zero-order valence-electron chi connectivity index (χ0n) is 9.19. The summed E-state index contributed by atoms with van der Waals surface area (Å²) in [5.41, 5.74) is 0.254. The van der Waals surface area contributed by atoms with Crippen molar-refractivity contribution in [1.29, 1.82) is 0 Å². The summed E-state index contributed by atoms with van der Waals surface area (Å²) in [4.78, 5) is 0. The molecule has 0 N–H and O–H groups in total. The van der Waals surface area contributed by atoms with Crippen LogP contribution in [0.4, 0.5) is 13.2 Å². The number of ether oxygens (including phenoxy) is 1. The van der Waals surface area contributed by atoms with Crippen molar-refractivity contribution in [3.63, 3.8) is 0 Å². The highest BCUT2D eigenvalue weighted by atomic mass is 19.3. The van der Waals surface area contributed by atoms with Gasteiger partial charge in [0.15, 0.2) is 11.6 Å². The van der Waals surface area contributed by atoms with Gasteiger partial charge in [0.1, 0.15) is 0 Å². The maximum absolute atomic E-state index is 13.6. The summed E-state index contributed by atoms with van der Waals surface area (Å²) in [6.07, 6.45) is -0.388. The highest BCUT2D eigenvalue weighted by Crippen LogP contribution is 2.43. The molecule has 1 aromatic carbocycles. The molecule has 88 valence electrons. The van der Waals surface area contributed by atoms with Crippen molar-refractivity contribution < 1.29 is 17.9 Å². The Kier molecular flexibility index (Phi) is 2.60. The fourth-order valence-corrected chi connectivity index (χ4v) is 1.78. The zero-order chi connectivity index (χ0) is 11.9. The molecular weight excluding hydrogens is 217 g/mol. The molecule has 2 rings (SSSR count). The van der Waals surface area contributed by atoms with Crippen molar-refractivity contribution >= 4 is 0 Å². The number of halogens is 3. The van der Waals surface area contributed by atoms with E-state index in [-0.39, 0.29) is 30.3 Å². The number of rotatable bonds is 1. The molecule has 1 heterocycles. The first kappa shape index (κ1) is 11.3. The summed E-state index contributed by atoms with van der Waals surface area (Å²) < 4.78 is 45.7. The quantitative estimate of drug-likeness (QED) is 0.712. The number of benzene rings is 1. The van der Waals surface area contributed by atoms with Crippen LogP contribution in [0.25, 0.3) is 0 Å². The Morgan fingerprint density at radius 1 is 1.31 bits per heavy atom. The van der Waals surface area contributed by atoms with Gasteiger partial charge in [-0.25, -0.2) is 13.2 Å². The predicted octanol–water partition coefficient (Wildman–Crippen LogP) is 3.82. The molecule has 0 saturated carbocycles. The molecule has 0 atom stereocenters. The van der Waals surface area contributed by atoms with Crippen LogP contribution < -0.4 is 4.74 Å². The lowest BCUT2D eigenvalue weighted by Gasteiger charge is -2.26. The standard InChI is InChI=1S/C12H13F3O/c1-7(2)8-5-9-11(10(13)6-8)16-4-3-12(9,14)15/h5-7H,3-4H2,1-2H3. The average molecular weight is 230 g/mol. The molecule has 1 nitrogen and oxygen atoms in total. The van der Waals surface area contributed by atoms with E-state index in [1.165, 1.54) is 12.1 Å². The minimum absolute atomic E-state index is 0.0116. The molecule has 0 bridgehead atoms. The third kappa shape index (κ3) is 1.77. The van der Waals surface area contributed by atoms with Gasteiger partial charge in [-0.1, -0.05) is 13.8 Å². The van der Waals surface area contributed by atoms with Gasteiger partial charge in [-0.3, -0.25) is 0 Å². The van der Waals surface area contributed by atoms with E-state index in [9.17, 15) is 13.2 Å². The maximum Gasteiger partial charge on any atom is 0.280 e. The predicted molar refractivity (Wildman–Crippen MR) is 54.5 cm³/mol. The molecule has 1 aliphatic rings. The van der Waals surface area contributed by atoms with Crippen molar-refractivity contribution in [2.24, 2.45) is 0 Å². The minimum Gasteiger partial charge on any atom is -0.490 e. The minimum atomic E-state index is -2.99. The summed E-state index contributed by atoms with van der Waals surface area (Å²) in [5.74, 6) is -3.96. The lowest BCUT2D eigenvalue weighted by atomic mass is 9.95. The van der Waals surface area contributed by atoms with Gasteiger partial charge < -0.3 is 4.74 Å². The summed E-state index contributed by atoms with van der Waals surface area (Å²) in [7, 11) is 0. The first-order valence-electron chi connectivity index (χ1n) is 5.26. The number of alkyl halides is 2. The van der Waals surface area contributed by atoms with Crippen molar-refractivity contribution in [2.75, 3.05) is 6.61 Å². The van der Waals surface area contributed by atoms with Crippen LogP contribution in [-0.2, 0) is 5.92 Å². The number of hydrogen-bond donors (Lipinski definition) is 0. The molecule has 16 heavy (non-hydrogen) atoms. The average Bonchev–Trinajstić information content (AvgIpc) is 2.18. The van der Waals surface area contributed by atoms with Crippen LogP contribution in [0.3, 0.4) is 0 Å². The van der Waals surface area contributed by atoms with E-state index < -0.39 is 11.7 Å². The monoisotopic (exact) mass is 230 g/mol. The SMILES string of the molecule is CC(C)c1cc(F)c2c(c1)C(F)(F)CCO2. The van der Waals surface area contributed by atoms with Crippen molar-refractivity contribution in [3.05, 3.63) is 29.1 Å². The first-order chi connectivity index (χ1) is 7.42. The second kappa shape index (κ2) is 3.68. The third-order valence-corrected chi connectivity index (χ3v) is 2.79. The lowest BCUT2D eigenvalue weighted by molar-refractivity contribution is -0.0418. The Bertz CT molecular complexity index is 413. The smallest absolute Gasteiger partial charge is 0.280 e. The van der Waals surface area contributed by atoms with Gasteiger partial charge in [-0.15, -0.1) is 0 Å². The largest absolute Gasteiger partial charge is 0.490 e.